The van der Waals surface area contributed by atoms with E-state index in [0.29, 0.717) is 41.3 Å². The fourth-order valence-corrected chi connectivity index (χ4v) is 7.59. The van der Waals surface area contributed by atoms with Crippen molar-refractivity contribution in [2.24, 2.45) is 23.2 Å². The Balaban J connectivity index is 0.978. The highest BCUT2D eigenvalue weighted by Crippen LogP contribution is 2.89. The van der Waals surface area contributed by atoms with Crippen molar-refractivity contribution in [3.8, 4) is 6.01 Å². The van der Waals surface area contributed by atoms with Crippen LogP contribution in [0.4, 0.5) is 30.8 Å². The van der Waals surface area contributed by atoms with Crippen molar-refractivity contribution in [2.45, 2.75) is 50.0 Å². The highest BCUT2D eigenvalue weighted by atomic mass is 35.5. The molecule has 3 aromatic rings. The number of aromatic nitrogens is 3. The number of esters is 1. The van der Waals surface area contributed by atoms with Crippen LogP contribution in [0.25, 0.3) is 0 Å². The third kappa shape index (κ3) is 7.13. The van der Waals surface area contributed by atoms with Gasteiger partial charge < -0.3 is 36.1 Å². The molecule has 274 valence electrons. The van der Waals surface area contributed by atoms with Gasteiger partial charge in [0.2, 0.25) is 11.9 Å². The molecule has 52 heavy (non-hydrogen) atoms. The van der Waals surface area contributed by atoms with Gasteiger partial charge in [-0.05, 0) is 84.4 Å². The molecule has 5 aliphatic rings. The number of methoxy groups -OCH3 is 1. The predicted octanol–water partition coefficient (Wildman–Crippen LogP) is 3.47. The number of halogens is 4. The molecular formula is C34H34ClF3N8O6. The molecule has 0 saturated heterocycles. The molecule has 0 spiro atoms. The van der Waals surface area contributed by atoms with Crippen LogP contribution >= 0.6 is 11.6 Å². The maximum absolute atomic E-state index is 13.1. The zero-order chi connectivity index (χ0) is 37.0. The zero-order valence-electron chi connectivity index (χ0n) is 27.8. The third-order valence-electron chi connectivity index (χ3n) is 10.4. The van der Waals surface area contributed by atoms with Crippen LogP contribution in [0, 0.1) is 23.2 Å². The number of nitrogens with one attached hydrogen (secondary N) is 5. The van der Waals surface area contributed by atoms with Crippen molar-refractivity contribution in [3.63, 3.8) is 0 Å². The number of hydrogen-bond acceptors (Lipinski definition) is 11. The number of ether oxygens (including phenoxy) is 2. The fourth-order valence-electron chi connectivity index (χ4n) is 7.46. The van der Waals surface area contributed by atoms with Crippen molar-refractivity contribution in [1.29, 1.82) is 0 Å². The minimum atomic E-state index is -4.63. The smallest absolute Gasteiger partial charge is 0.422 e. The van der Waals surface area contributed by atoms with E-state index < -0.39 is 60.6 Å². The van der Waals surface area contributed by atoms with Gasteiger partial charge in [0.15, 0.2) is 6.61 Å². The molecule has 8 rings (SSSR count). The Morgan fingerprint density at radius 1 is 0.962 bits per heavy atom. The summed E-state index contributed by atoms with van der Waals surface area (Å²) in [5.74, 6) is -1.49. The van der Waals surface area contributed by atoms with E-state index in [4.69, 9.17) is 21.1 Å². The first-order valence-corrected chi connectivity index (χ1v) is 16.9. The van der Waals surface area contributed by atoms with Gasteiger partial charge >= 0.3 is 30.0 Å². The van der Waals surface area contributed by atoms with Crippen LogP contribution in [-0.4, -0.2) is 77.2 Å². The van der Waals surface area contributed by atoms with Gasteiger partial charge in [-0.1, -0.05) is 30.7 Å². The van der Waals surface area contributed by atoms with Crippen molar-refractivity contribution in [1.82, 2.24) is 30.9 Å². The number of nitrogens with zero attached hydrogens (tertiary/aromatic N) is 3. The summed E-state index contributed by atoms with van der Waals surface area (Å²) in [6.07, 6.45) is -2.35. The Kier molecular flexibility index (Phi) is 8.87. The van der Waals surface area contributed by atoms with Crippen LogP contribution in [-0.2, 0) is 24.7 Å². The molecule has 2 bridgehead atoms. The second kappa shape index (κ2) is 13.1. The Hall–Kier alpha value is -5.19. The van der Waals surface area contributed by atoms with Crippen LogP contribution in [0.5, 0.6) is 6.01 Å². The van der Waals surface area contributed by atoms with E-state index in [0.717, 1.165) is 19.1 Å². The highest BCUT2D eigenvalue weighted by Gasteiger charge is 2.88. The molecule has 5 N–H and O–H groups in total. The third-order valence-corrected chi connectivity index (χ3v) is 10.7. The van der Waals surface area contributed by atoms with Crippen molar-refractivity contribution >= 4 is 52.9 Å². The second-order valence-electron chi connectivity index (χ2n) is 13.7. The topological polar surface area (TPSA) is 186 Å². The van der Waals surface area contributed by atoms with Gasteiger partial charge in [-0.3, -0.25) is 14.4 Å². The first-order chi connectivity index (χ1) is 24.7. The van der Waals surface area contributed by atoms with Gasteiger partial charge in [-0.25, -0.2) is 4.79 Å². The lowest BCUT2D eigenvalue weighted by Crippen LogP contribution is -2.52. The summed E-state index contributed by atoms with van der Waals surface area (Å²) in [6.45, 7) is 0.0998. The largest absolute Gasteiger partial charge is 0.467 e. The normalized spacial score (nSPS) is 24.7. The molecule has 1 heterocycles. The number of anilines is 3. The van der Waals surface area contributed by atoms with Gasteiger partial charge in [-0.2, -0.15) is 28.1 Å². The summed E-state index contributed by atoms with van der Waals surface area (Å²) in [7, 11) is 1.12. The van der Waals surface area contributed by atoms with Crippen LogP contribution in [0.3, 0.4) is 0 Å². The fraction of sp³-hybridized carbons (Fsp3) is 0.441. The minimum Gasteiger partial charge on any atom is -0.467 e. The Morgan fingerprint density at radius 2 is 1.63 bits per heavy atom. The van der Waals surface area contributed by atoms with Gasteiger partial charge in [0.05, 0.1) is 12.6 Å². The molecule has 5 fully saturated rings. The number of rotatable bonds is 13. The molecule has 3 amide bonds. The molecule has 5 saturated carbocycles. The molecule has 0 aliphatic heterocycles. The lowest BCUT2D eigenvalue weighted by molar-refractivity contribution is -0.154. The second-order valence-corrected chi connectivity index (χ2v) is 14.1. The molecule has 0 radical (unpaired) electrons. The number of hydrogen-bond donors (Lipinski definition) is 5. The summed E-state index contributed by atoms with van der Waals surface area (Å²) >= 11 is 6.03. The number of benzene rings is 2. The van der Waals surface area contributed by atoms with E-state index in [1.54, 1.807) is 12.1 Å². The first kappa shape index (κ1) is 35.2. The molecule has 14 nitrogen and oxygen atoms in total. The van der Waals surface area contributed by atoms with Crippen LogP contribution in [0.2, 0.25) is 5.02 Å². The summed E-state index contributed by atoms with van der Waals surface area (Å²) < 4.78 is 48.4. The monoisotopic (exact) mass is 742 g/mol. The number of amides is 3. The summed E-state index contributed by atoms with van der Waals surface area (Å²) in [5.41, 5.74) is 0.890. The average molecular weight is 743 g/mol. The van der Waals surface area contributed by atoms with Crippen molar-refractivity contribution in [2.75, 3.05) is 30.9 Å². The van der Waals surface area contributed by atoms with E-state index in [-0.39, 0.29) is 28.9 Å². The maximum Gasteiger partial charge on any atom is 0.422 e. The summed E-state index contributed by atoms with van der Waals surface area (Å²) in [5, 5.41) is 14.3. The lowest BCUT2D eigenvalue weighted by Gasteiger charge is -2.21. The molecular weight excluding hydrogens is 709 g/mol. The number of alkyl halides is 3. The quantitative estimate of drug-likeness (QED) is 0.128. The number of fused-ring (bicyclic) bond motifs is 1. The molecule has 4 atom stereocenters. The molecule has 1 aromatic heterocycles. The first-order valence-electron chi connectivity index (χ1n) is 16.5. The predicted molar refractivity (Wildman–Crippen MR) is 178 cm³/mol. The van der Waals surface area contributed by atoms with Crippen LogP contribution in [0.1, 0.15) is 42.1 Å². The SMILES string of the molecule is COC(=O)[C@H](CNC(=O)C(=O)N[C@H]1CC2C3C2C31C)NC(=O)c1ccc(Nc2nc(NC3(c4ccc(Cl)cc4)CC3)nc(OCC(F)(F)F)n2)cc1. The average Bonchev–Trinajstić information content (AvgIpc) is 4.07. The van der Waals surface area contributed by atoms with E-state index in [9.17, 15) is 32.3 Å². The molecule has 5 aliphatic carbocycles. The summed E-state index contributed by atoms with van der Waals surface area (Å²) in [4.78, 5) is 62.9. The zero-order valence-corrected chi connectivity index (χ0v) is 28.6. The van der Waals surface area contributed by atoms with Gasteiger partial charge in [0.25, 0.3) is 5.91 Å². The Morgan fingerprint density at radius 3 is 2.23 bits per heavy atom. The van der Waals surface area contributed by atoms with Gasteiger partial charge in [0, 0.05) is 28.9 Å². The van der Waals surface area contributed by atoms with E-state index >= 15 is 0 Å². The number of carbonyl (C=O) groups excluding carboxylic acids is 4. The van der Waals surface area contributed by atoms with Gasteiger partial charge in [-0.15, -0.1) is 0 Å². The minimum absolute atomic E-state index is 0.0260. The van der Waals surface area contributed by atoms with Crippen LogP contribution < -0.4 is 31.3 Å². The Labute approximate surface area is 300 Å². The summed E-state index contributed by atoms with van der Waals surface area (Å²) in [6, 6.07) is 11.0. The molecule has 2 unspecified atom stereocenters. The molecule has 18 heteroatoms. The van der Waals surface area contributed by atoms with Gasteiger partial charge in [0.1, 0.15) is 6.04 Å². The lowest BCUT2D eigenvalue weighted by atomic mass is 9.97. The highest BCUT2D eigenvalue weighted by molar-refractivity contribution is 6.35. The standard InChI is InChI=1S/C34H34ClF3N8O6/c1-32-22(13-20-23(32)24(20)32)42-27(49)26(48)39-14-21(28(50)51-2)41-25(47)16-3-9-19(10-4-16)40-29-43-30(45-31(44-29)52-15-34(36,37)38)46-33(11-12-33)17-5-7-18(35)8-6-17/h3-10,20-24H,11-15H2,1-2H3,(H,39,48)(H,41,47)(H,42,49)(H2,40,43,44,45,46)/t20?,21-,22-,23?,24?,32?/m0/s1. The van der Waals surface area contributed by atoms with E-state index in [1.165, 1.54) is 24.3 Å². The number of carbonyl (C=O) groups is 4. The maximum atomic E-state index is 13.1. The van der Waals surface area contributed by atoms with Crippen LogP contribution in [0.15, 0.2) is 48.5 Å². The van der Waals surface area contributed by atoms with Crippen molar-refractivity contribution in [3.05, 3.63) is 64.7 Å². The Bertz CT molecular complexity index is 1900. The molecule has 2 aromatic carbocycles. The van der Waals surface area contributed by atoms with Crippen molar-refractivity contribution < 1.29 is 41.8 Å². The van der Waals surface area contributed by atoms with E-state index in [1.807, 2.05) is 12.1 Å². The van der Waals surface area contributed by atoms with E-state index in [2.05, 4.69) is 48.5 Å².